The third kappa shape index (κ3) is 2.00. The summed E-state index contributed by atoms with van der Waals surface area (Å²) in [6.45, 7) is 6.81. The summed E-state index contributed by atoms with van der Waals surface area (Å²) in [6, 6.07) is 10.5. The van der Waals surface area contributed by atoms with E-state index in [9.17, 15) is 4.79 Å². The summed E-state index contributed by atoms with van der Waals surface area (Å²) in [5.41, 5.74) is 0.0786. The Labute approximate surface area is 128 Å². The van der Waals surface area contributed by atoms with E-state index >= 15 is 0 Å². The molecule has 21 heavy (non-hydrogen) atoms. The van der Waals surface area contributed by atoms with Crippen molar-refractivity contribution in [1.82, 2.24) is 10.2 Å². The fourth-order valence-electron chi connectivity index (χ4n) is 3.96. The summed E-state index contributed by atoms with van der Waals surface area (Å²) < 4.78 is 1.18. The lowest BCUT2D eigenvalue weighted by molar-refractivity contribution is 0.0839. The molecule has 110 valence electrons. The van der Waals surface area contributed by atoms with Crippen LogP contribution in [0.5, 0.6) is 0 Å². The van der Waals surface area contributed by atoms with Crippen molar-refractivity contribution in [3.63, 3.8) is 0 Å². The van der Waals surface area contributed by atoms with Crippen molar-refractivity contribution in [3.05, 3.63) is 35.2 Å². The Hall–Kier alpha value is -1.39. The van der Waals surface area contributed by atoms with E-state index in [0.29, 0.717) is 5.92 Å². The van der Waals surface area contributed by atoms with Crippen molar-refractivity contribution < 1.29 is 4.79 Å². The van der Waals surface area contributed by atoms with Gasteiger partial charge in [-0.1, -0.05) is 18.2 Å². The van der Waals surface area contributed by atoms with Crippen LogP contribution < -0.4 is 5.32 Å². The number of carbonyl (C=O) groups is 1. The third-order valence-electron chi connectivity index (χ3n) is 5.21. The predicted molar refractivity (Wildman–Crippen MR) is 86.8 cm³/mol. The molecule has 0 saturated carbocycles. The van der Waals surface area contributed by atoms with Gasteiger partial charge in [0.05, 0.1) is 10.9 Å². The van der Waals surface area contributed by atoms with Crippen LogP contribution in [0.25, 0.3) is 10.1 Å². The second-order valence-electron chi connectivity index (χ2n) is 6.75. The number of piperidine rings is 1. The fourth-order valence-corrected chi connectivity index (χ4v) is 4.92. The number of hydrogen-bond donors (Lipinski definition) is 1. The maximum absolute atomic E-state index is 12.6. The van der Waals surface area contributed by atoms with Crippen LogP contribution in [0.15, 0.2) is 30.3 Å². The molecule has 2 aromatic rings. The average molecular weight is 300 g/mol. The van der Waals surface area contributed by atoms with Crippen molar-refractivity contribution in [2.75, 3.05) is 13.1 Å². The number of thiophene rings is 1. The van der Waals surface area contributed by atoms with Gasteiger partial charge in [0, 0.05) is 16.8 Å². The lowest BCUT2D eigenvalue weighted by Gasteiger charge is -2.40. The topological polar surface area (TPSA) is 32.3 Å². The van der Waals surface area contributed by atoms with E-state index in [4.69, 9.17) is 0 Å². The van der Waals surface area contributed by atoms with E-state index in [-0.39, 0.29) is 17.5 Å². The highest BCUT2D eigenvalue weighted by Crippen LogP contribution is 2.40. The van der Waals surface area contributed by atoms with Gasteiger partial charge in [-0.3, -0.25) is 9.69 Å². The second kappa shape index (κ2) is 4.55. The minimum atomic E-state index is 0.0786. The lowest BCUT2D eigenvalue weighted by atomic mass is 9.85. The van der Waals surface area contributed by atoms with Gasteiger partial charge in [0.2, 0.25) is 0 Å². The van der Waals surface area contributed by atoms with Gasteiger partial charge < -0.3 is 5.32 Å². The number of nitrogens with one attached hydrogen (secondary N) is 1. The number of fused-ring (bicyclic) bond motifs is 3. The fraction of sp³-hybridized carbons (Fsp3) is 0.471. The first-order chi connectivity index (χ1) is 10.1. The summed E-state index contributed by atoms with van der Waals surface area (Å²) in [4.78, 5) is 15.9. The molecule has 1 amide bonds. The van der Waals surface area contributed by atoms with Gasteiger partial charge in [-0.25, -0.2) is 0 Å². The van der Waals surface area contributed by atoms with E-state index < -0.39 is 0 Å². The molecule has 2 saturated heterocycles. The van der Waals surface area contributed by atoms with Crippen LogP contribution in [0.3, 0.4) is 0 Å². The van der Waals surface area contributed by atoms with E-state index in [2.05, 4.69) is 36.2 Å². The number of amides is 1. The van der Waals surface area contributed by atoms with Gasteiger partial charge in [0.15, 0.2) is 0 Å². The van der Waals surface area contributed by atoms with Crippen molar-refractivity contribution in [2.45, 2.75) is 31.8 Å². The second-order valence-corrected chi connectivity index (χ2v) is 7.83. The van der Waals surface area contributed by atoms with E-state index in [1.165, 1.54) is 17.7 Å². The predicted octanol–water partition coefficient (Wildman–Crippen LogP) is 3.11. The highest BCUT2D eigenvalue weighted by atomic mass is 32.1. The minimum Gasteiger partial charge on any atom is -0.346 e. The Kier molecular flexibility index (Phi) is 2.88. The van der Waals surface area contributed by atoms with Crippen molar-refractivity contribution in [2.24, 2.45) is 5.92 Å². The van der Waals surface area contributed by atoms with Gasteiger partial charge in [-0.05, 0) is 50.2 Å². The number of carbonyl (C=O) groups excluding carboxylic acids is 1. The van der Waals surface area contributed by atoms with Crippen LogP contribution in [-0.4, -0.2) is 35.5 Å². The molecule has 1 aromatic heterocycles. The van der Waals surface area contributed by atoms with Crippen molar-refractivity contribution in [3.8, 4) is 0 Å². The first kappa shape index (κ1) is 13.3. The van der Waals surface area contributed by atoms with Crippen molar-refractivity contribution >= 4 is 27.3 Å². The average Bonchev–Trinajstić information content (AvgIpc) is 3.14. The standard InChI is InChI=1S/C17H20N2OS/c1-17(2)15(12-7-8-19(17)10-12)18-16(20)14-9-11-5-3-4-6-13(11)21-14/h3-6,9,12,15H,7-8,10H2,1-2H3,(H,18,20)/t12?,15-/m1/s1. The zero-order chi connectivity index (χ0) is 14.6. The number of rotatable bonds is 2. The zero-order valence-corrected chi connectivity index (χ0v) is 13.2. The Morgan fingerprint density at radius 2 is 2.19 bits per heavy atom. The molecule has 2 aliphatic rings. The maximum Gasteiger partial charge on any atom is 0.261 e. The summed E-state index contributed by atoms with van der Waals surface area (Å²) >= 11 is 1.58. The lowest BCUT2D eigenvalue weighted by Crippen LogP contribution is -2.56. The maximum atomic E-state index is 12.6. The molecule has 0 spiro atoms. The summed E-state index contributed by atoms with van der Waals surface area (Å²) in [5.74, 6) is 0.696. The quantitative estimate of drug-likeness (QED) is 0.924. The molecule has 2 bridgehead atoms. The highest BCUT2D eigenvalue weighted by Gasteiger charge is 2.51. The smallest absolute Gasteiger partial charge is 0.261 e. The molecular weight excluding hydrogens is 280 g/mol. The molecular formula is C17H20N2OS. The van der Waals surface area contributed by atoms with E-state index in [0.717, 1.165) is 16.8 Å². The Balaban J connectivity index is 1.58. The Morgan fingerprint density at radius 1 is 1.38 bits per heavy atom. The molecule has 4 heteroatoms. The van der Waals surface area contributed by atoms with E-state index in [1.54, 1.807) is 11.3 Å². The molecule has 2 fully saturated rings. The van der Waals surface area contributed by atoms with Crippen LogP contribution in [0, 0.1) is 5.92 Å². The molecule has 1 aromatic carbocycles. The summed E-state index contributed by atoms with van der Waals surface area (Å²) in [6.07, 6.45) is 1.21. The molecule has 0 aliphatic carbocycles. The Bertz CT molecular complexity index is 673. The van der Waals surface area contributed by atoms with Crippen LogP contribution in [0.4, 0.5) is 0 Å². The van der Waals surface area contributed by atoms with Crippen LogP contribution in [-0.2, 0) is 0 Å². The van der Waals surface area contributed by atoms with Gasteiger partial charge in [-0.15, -0.1) is 11.3 Å². The van der Waals surface area contributed by atoms with Gasteiger partial charge >= 0.3 is 0 Å². The van der Waals surface area contributed by atoms with E-state index in [1.807, 2.05) is 18.2 Å². The van der Waals surface area contributed by atoms with Crippen LogP contribution >= 0.6 is 11.3 Å². The van der Waals surface area contributed by atoms with Crippen LogP contribution in [0.1, 0.15) is 29.9 Å². The highest BCUT2D eigenvalue weighted by molar-refractivity contribution is 7.20. The first-order valence-electron chi connectivity index (χ1n) is 7.60. The molecule has 0 radical (unpaired) electrons. The first-order valence-corrected chi connectivity index (χ1v) is 8.42. The Morgan fingerprint density at radius 3 is 2.90 bits per heavy atom. The zero-order valence-electron chi connectivity index (χ0n) is 12.4. The van der Waals surface area contributed by atoms with Gasteiger partial charge in [0.1, 0.15) is 0 Å². The number of hydrogen-bond acceptors (Lipinski definition) is 3. The molecule has 2 unspecified atom stereocenters. The summed E-state index contributed by atoms with van der Waals surface area (Å²) in [5, 5.41) is 4.46. The molecule has 3 atom stereocenters. The molecule has 1 N–H and O–H groups in total. The normalized spacial score (nSPS) is 29.9. The molecule has 2 aliphatic heterocycles. The number of benzene rings is 1. The third-order valence-corrected chi connectivity index (χ3v) is 6.32. The van der Waals surface area contributed by atoms with Crippen LogP contribution in [0.2, 0.25) is 0 Å². The molecule has 4 rings (SSSR count). The van der Waals surface area contributed by atoms with Gasteiger partial charge in [-0.2, -0.15) is 0 Å². The molecule has 3 nitrogen and oxygen atoms in total. The summed E-state index contributed by atoms with van der Waals surface area (Å²) in [7, 11) is 0. The monoisotopic (exact) mass is 300 g/mol. The van der Waals surface area contributed by atoms with Crippen molar-refractivity contribution in [1.29, 1.82) is 0 Å². The SMILES string of the molecule is CC1(C)[C@H](NC(=O)c2cc3ccccc3s2)C2CCN1C2. The largest absolute Gasteiger partial charge is 0.346 e. The molecule has 3 heterocycles. The van der Waals surface area contributed by atoms with Gasteiger partial charge in [0.25, 0.3) is 5.91 Å². The minimum absolute atomic E-state index is 0.0786. The number of nitrogens with zero attached hydrogens (tertiary/aromatic N) is 1.